The van der Waals surface area contributed by atoms with E-state index in [0.717, 1.165) is 42.9 Å². The number of para-hydroxylation sites is 1. The Balaban J connectivity index is 1.74. The Hall–Kier alpha value is -1.17. The van der Waals surface area contributed by atoms with Crippen molar-refractivity contribution in [3.63, 3.8) is 0 Å². The van der Waals surface area contributed by atoms with Crippen LogP contribution in [0.4, 0.5) is 0 Å². The first kappa shape index (κ1) is 12.8. The molecule has 0 aliphatic carbocycles. The fourth-order valence-electron chi connectivity index (χ4n) is 2.34. The molecule has 0 unspecified atom stereocenters. The zero-order valence-corrected chi connectivity index (χ0v) is 12.3. The molecule has 2 aromatic rings. The molecular weight excluding hydrogens is 304 g/mol. The molecule has 0 radical (unpaired) electrons. The number of nitrogens with one attached hydrogen (secondary N) is 1. The van der Waals surface area contributed by atoms with Gasteiger partial charge in [0.25, 0.3) is 0 Å². The van der Waals surface area contributed by atoms with E-state index in [0.29, 0.717) is 0 Å². The first-order valence-corrected chi connectivity index (χ1v) is 7.34. The maximum atomic E-state index is 4.46. The van der Waals surface area contributed by atoms with Gasteiger partial charge < -0.3 is 5.32 Å². The number of hydrogen-bond acceptors (Lipinski definition) is 3. The Morgan fingerprint density at radius 1 is 1.21 bits per heavy atom. The summed E-state index contributed by atoms with van der Waals surface area (Å²) in [6.45, 7) is 5.36. The van der Waals surface area contributed by atoms with Gasteiger partial charge in [0.1, 0.15) is 0 Å². The summed E-state index contributed by atoms with van der Waals surface area (Å²) in [7, 11) is 0. The summed E-state index contributed by atoms with van der Waals surface area (Å²) in [5.41, 5.74) is 2.34. The SMILES string of the molecule is Brc1ccccc1-n1cc(CN2CCNCC2)cn1. The minimum Gasteiger partial charge on any atom is -0.314 e. The number of piperazine rings is 1. The average molecular weight is 321 g/mol. The Kier molecular flexibility index (Phi) is 3.96. The maximum absolute atomic E-state index is 4.46. The second-order valence-corrected chi connectivity index (χ2v) is 5.63. The van der Waals surface area contributed by atoms with E-state index in [1.807, 2.05) is 29.1 Å². The van der Waals surface area contributed by atoms with Crippen LogP contribution in [0.5, 0.6) is 0 Å². The summed E-state index contributed by atoms with van der Waals surface area (Å²) < 4.78 is 2.99. The van der Waals surface area contributed by atoms with Crippen molar-refractivity contribution in [2.24, 2.45) is 0 Å². The van der Waals surface area contributed by atoms with Gasteiger partial charge in [0.2, 0.25) is 0 Å². The average Bonchev–Trinajstić information content (AvgIpc) is 2.89. The van der Waals surface area contributed by atoms with E-state index in [1.165, 1.54) is 5.56 Å². The molecule has 0 spiro atoms. The van der Waals surface area contributed by atoms with Crippen LogP contribution >= 0.6 is 15.9 Å². The molecule has 0 bridgehead atoms. The Morgan fingerprint density at radius 3 is 2.79 bits per heavy atom. The van der Waals surface area contributed by atoms with Crippen molar-refractivity contribution in [1.29, 1.82) is 0 Å². The van der Waals surface area contributed by atoms with Gasteiger partial charge in [0.15, 0.2) is 0 Å². The Morgan fingerprint density at radius 2 is 2.00 bits per heavy atom. The molecule has 0 atom stereocenters. The molecule has 1 fully saturated rings. The van der Waals surface area contributed by atoms with Gasteiger partial charge in [-0.25, -0.2) is 4.68 Å². The van der Waals surface area contributed by atoms with E-state index in [2.05, 4.69) is 43.5 Å². The van der Waals surface area contributed by atoms with Crippen molar-refractivity contribution in [3.05, 3.63) is 46.7 Å². The van der Waals surface area contributed by atoms with Gasteiger partial charge in [-0.05, 0) is 28.1 Å². The zero-order chi connectivity index (χ0) is 13.1. The van der Waals surface area contributed by atoms with Gasteiger partial charge >= 0.3 is 0 Å². The number of nitrogens with zero attached hydrogens (tertiary/aromatic N) is 3. The van der Waals surface area contributed by atoms with Crippen molar-refractivity contribution in [2.75, 3.05) is 26.2 Å². The van der Waals surface area contributed by atoms with Crippen LogP contribution < -0.4 is 5.32 Å². The summed E-state index contributed by atoms with van der Waals surface area (Å²) in [5, 5.41) is 7.83. The van der Waals surface area contributed by atoms with Gasteiger partial charge in [-0.2, -0.15) is 5.10 Å². The number of halogens is 1. The van der Waals surface area contributed by atoms with Crippen molar-refractivity contribution in [3.8, 4) is 5.69 Å². The van der Waals surface area contributed by atoms with Crippen LogP contribution in [0.15, 0.2) is 41.1 Å². The van der Waals surface area contributed by atoms with E-state index in [4.69, 9.17) is 0 Å². The molecule has 19 heavy (non-hydrogen) atoms. The molecular formula is C14H17BrN4. The molecule has 3 rings (SSSR count). The lowest BCUT2D eigenvalue weighted by Gasteiger charge is -2.26. The minimum atomic E-state index is 0.978. The summed E-state index contributed by atoms with van der Waals surface area (Å²) >= 11 is 3.56. The topological polar surface area (TPSA) is 33.1 Å². The molecule has 5 heteroatoms. The standard InChI is InChI=1S/C14H17BrN4/c15-13-3-1-2-4-14(13)19-11-12(9-17-19)10-18-7-5-16-6-8-18/h1-4,9,11,16H,5-8,10H2. The van der Waals surface area contributed by atoms with Crippen LogP contribution in [0.2, 0.25) is 0 Å². The maximum Gasteiger partial charge on any atom is 0.0787 e. The lowest BCUT2D eigenvalue weighted by atomic mass is 10.3. The highest BCUT2D eigenvalue weighted by atomic mass is 79.9. The van der Waals surface area contributed by atoms with E-state index in [-0.39, 0.29) is 0 Å². The lowest BCUT2D eigenvalue weighted by Crippen LogP contribution is -2.42. The second-order valence-electron chi connectivity index (χ2n) is 4.77. The first-order chi connectivity index (χ1) is 9.33. The van der Waals surface area contributed by atoms with E-state index >= 15 is 0 Å². The fraction of sp³-hybridized carbons (Fsp3) is 0.357. The van der Waals surface area contributed by atoms with Gasteiger partial charge in [-0.3, -0.25) is 4.90 Å². The molecule has 1 aromatic carbocycles. The number of hydrogen-bond donors (Lipinski definition) is 1. The molecule has 1 aliphatic heterocycles. The number of aromatic nitrogens is 2. The predicted octanol–water partition coefficient (Wildman–Crippen LogP) is 2.04. The summed E-state index contributed by atoms with van der Waals surface area (Å²) in [6, 6.07) is 8.13. The third-order valence-corrected chi connectivity index (χ3v) is 4.02. The highest BCUT2D eigenvalue weighted by Crippen LogP contribution is 2.20. The Bertz CT molecular complexity index is 546. The summed E-state index contributed by atoms with van der Waals surface area (Å²) in [5.74, 6) is 0. The molecule has 100 valence electrons. The van der Waals surface area contributed by atoms with Crippen LogP contribution in [-0.4, -0.2) is 40.9 Å². The zero-order valence-electron chi connectivity index (χ0n) is 10.7. The second kappa shape index (κ2) is 5.86. The molecule has 2 heterocycles. The highest BCUT2D eigenvalue weighted by molar-refractivity contribution is 9.10. The normalized spacial score (nSPS) is 16.7. The Labute approximate surface area is 121 Å². The van der Waals surface area contributed by atoms with Crippen LogP contribution in [0.25, 0.3) is 5.69 Å². The van der Waals surface area contributed by atoms with Crippen LogP contribution in [0, 0.1) is 0 Å². The first-order valence-electron chi connectivity index (χ1n) is 6.54. The summed E-state index contributed by atoms with van der Waals surface area (Å²) in [6.07, 6.45) is 4.07. The van der Waals surface area contributed by atoms with E-state index in [9.17, 15) is 0 Å². The van der Waals surface area contributed by atoms with Gasteiger partial charge in [0, 0.05) is 49.0 Å². The predicted molar refractivity (Wildman–Crippen MR) is 79.4 cm³/mol. The van der Waals surface area contributed by atoms with E-state index in [1.54, 1.807) is 0 Å². The monoisotopic (exact) mass is 320 g/mol. The molecule has 4 nitrogen and oxygen atoms in total. The largest absolute Gasteiger partial charge is 0.314 e. The van der Waals surface area contributed by atoms with Gasteiger partial charge in [-0.1, -0.05) is 12.1 Å². The third-order valence-electron chi connectivity index (χ3n) is 3.35. The van der Waals surface area contributed by atoms with Crippen molar-refractivity contribution >= 4 is 15.9 Å². The van der Waals surface area contributed by atoms with Gasteiger partial charge in [0.05, 0.1) is 11.9 Å². The molecule has 1 saturated heterocycles. The van der Waals surface area contributed by atoms with Crippen molar-refractivity contribution in [2.45, 2.75) is 6.54 Å². The lowest BCUT2D eigenvalue weighted by molar-refractivity contribution is 0.233. The smallest absolute Gasteiger partial charge is 0.0787 e. The quantitative estimate of drug-likeness (QED) is 0.939. The molecule has 0 amide bonds. The van der Waals surface area contributed by atoms with Crippen LogP contribution in [0.1, 0.15) is 5.56 Å². The number of benzene rings is 1. The molecule has 0 saturated carbocycles. The van der Waals surface area contributed by atoms with Crippen LogP contribution in [-0.2, 0) is 6.54 Å². The number of rotatable bonds is 3. The van der Waals surface area contributed by atoms with Crippen LogP contribution in [0.3, 0.4) is 0 Å². The molecule has 1 aliphatic rings. The fourth-order valence-corrected chi connectivity index (χ4v) is 2.80. The van der Waals surface area contributed by atoms with Crippen molar-refractivity contribution in [1.82, 2.24) is 20.0 Å². The van der Waals surface area contributed by atoms with E-state index < -0.39 is 0 Å². The minimum absolute atomic E-state index is 0.978. The van der Waals surface area contributed by atoms with Gasteiger partial charge in [-0.15, -0.1) is 0 Å². The highest BCUT2D eigenvalue weighted by Gasteiger charge is 2.11. The third kappa shape index (κ3) is 3.05. The molecule has 1 N–H and O–H groups in total. The molecule has 1 aromatic heterocycles. The summed E-state index contributed by atoms with van der Waals surface area (Å²) in [4.78, 5) is 2.46. The van der Waals surface area contributed by atoms with Crippen molar-refractivity contribution < 1.29 is 0 Å².